The molecule has 1 saturated carbocycles. The van der Waals surface area contributed by atoms with Gasteiger partial charge in [0.1, 0.15) is 5.75 Å². The first kappa shape index (κ1) is 19.5. The molecule has 0 atom stereocenters. The minimum atomic E-state index is -3.60. The average Bonchev–Trinajstić information content (AvgIpc) is 3.47. The molecule has 1 fully saturated rings. The molecule has 1 N–H and O–H groups in total. The van der Waals surface area contributed by atoms with Gasteiger partial charge in [-0.15, -0.1) is 0 Å². The molecule has 0 aliphatic heterocycles. The number of benzene rings is 2. The number of hydrogen-bond acceptors (Lipinski definition) is 5. The quantitative estimate of drug-likeness (QED) is 0.749. The van der Waals surface area contributed by atoms with Crippen molar-refractivity contribution >= 4 is 10.0 Å². The third-order valence-corrected chi connectivity index (χ3v) is 6.53. The number of sulfonamides is 1. The Morgan fingerprint density at radius 1 is 0.926 bits per heavy atom. The SMILES string of the molecule is COc1ccc(S(=O)(=O)NCC2(c3ccc(OC)c(OC)c3)CC2)cc1C. The van der Waals surface area contributed by atoms with Crippen LogP contribution in [0.5, 0.6) is 17.2 Å². The number of ether oxygens (including phenoxy) is 3. The monoisotopic (exact) mass is 391 g/mol. The Balaban J connectivity index is 1.78. The minimum absolute atomic E-state index is 0.200. The molecule has 0 amide bonds. The van der Waals surface area contributed by atoms with Crippen LogP contribution in [-0.4, -0.2) is 36.3 Å². The van der Waals surface area contributed by atoms with E-state index in [2.05, 4.69) is 4.72 Å². The number of methoxy groups -OCH3 is 3. The van der Waals surface area contributed by atoms with Crippen LogP contribution in [0.1, 0.15) is 24.0 Å². The van der Waals surface area contributed by atoms with E-state index in [0.29, 0.717) is 23.8 Å². The summed E-state index contributed by atoms with van der Waals surface area (Å²) in [6.07, 6.45) is 1.85. The number of aryl methyl sites for hydroxylation is 1. The van der Waals surface area contributed by atoms with Crippen LogP contribution in [0.3, 0.4) is 0 Å². The van der Waals surface area contributed by atoms with Crippen LogP contribution in [0.4, 0.5) is 0 Å². The van der Waals surface area contributed by atoms with Crippen molar-refractivity contribution in [3.8, 4) is 17.2 Å². The van der Waals surface area contributed by atoms with Crippen LogP contribution in [0.15, 0.2) is 41.3 Å². The van der Waals surface area contributed by atoms with Gasteiger partial charge >= 0.3 is 0 Å². The van der Waals surface area contributed by atoms with E-state index >= 15 is 0 Å². The molecule has 146 valence electrons. The fraction of sp³-hybridized carbons (Fsp3) is 0.400. The molecule has 2 aromatic carbocycles. The Kier molecular flexibility index (Phi) is 5.35. The van der Waals surface area contributed by atoms with Gasteiger partial charge in [-0.3, -0.25) is 0 Å². The Morgan fingerprint density at radius 2 is 1.56 bits per heavy atom. The largest absolute Gasteiger partial charge is 0.496 e. The van der Waals surface area contributed by atoms with Crippen molar-refractivity contribution in [2.24, 2.45) is 0 Å². The summed E-state index contributed by atoms with van der Waals surface area (Å²) in [5, 5.41) is 0. The fourth-order valence-corrected chi connectivity index (χ4v) is 4.43. The minimum Gasteiger partial charge on any atom is -0.496 e. The molecule has 0 radical (unpaired) electrons. The highest BCUT2D eigenvalue weighted by atomic mass is 32.2. The molecule has 6 nitrogen and oxygen atoms in total. The Labute approximate surface area is 160 Å². The van der Waals surface area contributed by atoms with Gasteiger partial charge in [-0.25, -0.2) is 13.1 Å². The third kappa shape index (κ3) is 3.89. The van der Waals surface area contributed by atoms with Gasteiger partial charge in [0.15, 0.2) is 11.5 Å². The molecular weight excluding hydrogens is 366 g/mol. The lowest BCUT2D eigenvalue weighted by Gasteiger charge is -2.19. The average molecular weight is 391 g/mol. The molecule has 0 aromatic heterocycles. The lowest BCUT2D eigenvalue weighted by atomic mass is 9.96. The van der Waals surface area contributed by atoms with Crippen molar-refractivity contribution in [1.29, 1.82) is 0 Å². The van der Waals surface area contributed by atoms with Crippen LogP contribution in [0.25, 0.3) is 0 Å². The summed E-state index contributed by atoms with van der Waals surface area (Å²) < 4.78 is 44.1. The predicted octanol–water partition coefficient (Wildman–Crippen LogP) is 3.03. The van der Waals surface area contributed by atoms with Crippen molar-refractivity contribution in [3.05, 3.63) is 47.5 Å². The molecule has 0 heterocycles. The van der Waals surface area contributed by atoms with Gasteiger partial charge in [0.25, 0.3) is 0 Å². The highest BCUT2D eigenvalue weighted by Gasteiger charge is 2.45. The lowest BCUT2D eigenvalue weighted by Crippen LogP contribution is -2.32. The zero-order valence-electron chi connectivity index (χ0n) is 16.0. The first-order chi connectivity index (χ1) is 12.8. The van der Waals surface area contributed by atoms with E-state index in [1.165, 1.54) is 0 Å². The zero-order valence-corrected chi connectivity index (χ0v) is 16.9. The number of nitrogens with one attached hydrogen (secondary N) is 1. The van der Waals surface area contributed by atoms with E-state index in [-0.39, 0.29) is 10.3 Å². The first-order valence-corrected chi connectivity index (χ1v) is 10.2. The number of rotatable bonds is 8. The lowest BCUT2D eigenvalue weighted by molar-refractivity contribution is 0.354. The van der Waals surface area contributed by atoms with Crippen molar-refractivity contribution in [3.63, 3.8) is 0 Å². The molecule has 0 saturated heterocycles. The summed E-state index contributed by atoms with van der Waals surface area (Å²) in [4.78, 5) is 0.240. The normalized spacial score (nSPS) is 15.3. The van der Waals surface area contributed by atoms with E-state index in [9.17, 15) is 8.42 Å². The Morgan fingerprint density at radius 3 is 2.11 bits per heavy atom. The first-order valence-electron chi connectivity index (χ1n) is 8.72. The van der Waals surface area contributed by atoms with E-state index < -0.39 is 10.0 Å². The maximum absolute atomic E-state index is 12.7. The highest BCUT2D eigenvalue weighted by molar-refractivity contribution is 7.89. The molecular formula is C20H25NO5S. The molecule has 1 aliphatic carbocycles. The summed E-state index contributed by atoms with van der Waals surface area (Å²) in [7, 11) is 1.15. The summed E-state index contributed by atoms with van der Waals surface area (Å²) in [6, 6.07) is 10.6. The maximum atomic E-state index is 12.7. The molecule has 1 aliphatic rings. The highest BCUT2D eigenvalue weighted by Crippen LogP contribution is 2.49. The van der Waals surface area contributed by atoms with E-state index in [4.69, 9.17) is 14.2 Å². The van der Waals surface area contributed by atoms with Gasteiger partial charge in [-0.2, -0.15) is 0 Å². The molecule has 2 aromatic rings. The van der Waals surface area contributed by atoms with Crippen molar-refractivity contribution in [2.45, 2.75) is 30.1 Å². The Bertz CT molecular complexity index is 935. The predicted molar refractivity (Wildman–Crippen MR) is 103 cm³/mol. The van der Waals surface area contributed by atoms with Crippen molar-refractivity contribution in [1.82, 2.24) is 4.72 Å². The third-order valence-electron chi connectivity index (χ3n) is 5.13. The second kappa shape index (κ2) is 7.40. The van der Waals surface area contributed by atoms with Crippen LogP contribution in [0, 0.1) is 6.92 Å². The number of hydrogen-bond donors (Lipinski definition) is 1. The molecule has 3 rings (SSSR count). The van der Waals surface area contributed by atoms with Gasteiger partial charge in [0.2, 0.25) is 10.0 Å². The van der Waals surface area contributed by atoms with Gasteiger partial charge in [-0.05, 0) is 61.2 Å². The second-order valence-electron chi connectivity index (χ2n) is 6.81. The van der Waals surface area contributed by atoms with E-state index in [0.717, 1.165) is 24.0 Å². The smallest absolute Gasteiger partial charge is 0.240 e. The Hall–Kier alpha value is -2.25. The molecule has 0 bridgehead atoms. The summed E-state index contributed by atoms with van der Waals surface area (Å²) in [5.41, 5.74) is 1.63. The van der Waals surface area contributed by atoms with Crippen molar-refractivity contribution < 1.29 is 22.6 Å². The maximum Gasteiger partial charge on any atom is 0.240 e. The standard InChI is InChI=1S/C20H25NO5S/c1-14-11-16(6-8-17(14)24-2)27(22,23)21-13-20(9-10-20)15-5-7-18(25-3)19(12-15)26-4/h5-8,11-12,21H,9-10,13H2,1-4H3. The molecule has 27 heavy (non-hydrogen) atoms. The second-order valence-corrected chi connectivity index (χ2v) is 8.57. The van der Waals surface area contributed by atoms with Crippen LogP contribution in [-0.2, 0) is 15.4 Å². The summed E-state index contributed by atoms with van der Waals surface area (Å²) in [5.74, 6) is 1.97. The summed E-state index contributed by atoms with van der Waals surface area (Å²) >= 11 is 0. The molecule has 7 heteroatoms. The molecule has 0 unspecified atom stereocenters. The zero-order chi connectivity index (χ0) is 19.7. The van der Waals surface area contributed by atoms with Crippen molar-refractivity contribution in [2.75, 3.05) is 27.9 Å². The van der Waals surface area contributed by atoms with Gasteiger partial charge in [0.05, 0.1) is 26.2 Å². The van der Waals surface area contributed by atoms with Crippen LogP contribution >= 0.6 is 0 Å². The fourth-order valence-electron chi connectivity index (χ4n) is 3.22. The van der Waals surface area contributed by atoms with Gasteiger partial charge in [0, 0.05) is 12.0 Å². The summed E-state index contributed by atoms with van der Waals surface area (Å²) in [6.45, 7) is 2.17. The van der Waals surface area contributed by atoms with E-state index in [1.54, 1.807) is 39.5 Å². The van der Waals surface area contributed by atoms with Crippen LogP contribution < -0.4 is 18.9 Å². The molecule has 0 spiro atoms. The van der Waals surface area contributed by atoms with Gasteiger partial charge in [-0.1, -0.05) is 6.07 Å². The van der Waals surface area contributed by atoms with E-state index in [1.807, 2.05) is 25.1 Å². The van der Waals surface area contributed by atoms with Gasteiger partial charge < -0.3 is 14.2 Å². The topological polar surface area (TPSA) is 73.9 Å². The van der Waals surface area contributed by atoms with Crippen LogP contribution in [0.2, 0.25) is 0 Å².